The fourth-order valence-electron chi connectivity index (χ4n) is 2.38. The topological polar surface area (TPSA) is 49.4 Å². The van der Waals surface area contributed by atoms with E-state index in [4.69, 9.17) is 0 Å². The maximum absolute atomic E-state index is 12.5. The molecule has 5 heteroatoms. The fourth-order valence-corrected chi connectivity index (χ4v) is 3.54. The minimum atomic E-state index is -0.370. The minimum Gasteiger partial charge on any atom is -0.324 e. The molecule has 1 N–H and O–H groups in total. The summed E-state index contributed by atoms with van der Waals surface area (Å²) in [5, 5.41) is 2.96. The van der Waals surface area contributed by atoms with Gasteiger partial charge in [0, 0.05) is 17.4 Å². The largest absolute Gasteiger partial charge is 0.324 e. The first-order valence-electron chi connectivity index (χ1n) is 7.16. The monoisotopic (exact) mass is 306 g/mol. The molecule has 1 aliphatic heterocycles. The third kappa shape index (κ3) is 3.59. The van der Waals surface area contributed by atoms with Gasteiger partial charge in [-0.3, -0.25) is 9.59 Å². The summed E-state index contributed by atoms with van der Waals surface area (Å²) in [5.74, 6) is 1.12. The summed E-state index contributed by atoms with van der Waals surface area (Å²) in [6, 6.07) is 5.56. The van der Waals surface area contributed by atoms with Gasteiger partial charge in [0.1, 0.15) is 6.04 Å². The van der Waals surface area contributed by atoms with E-state index < -0.39 is 0 Å². The van der Waals surface area contributed by atoms with E-state index in [1.165, 1.54) is 5.56 Å². The Hall–Kier alpha value is -1.49. The third-order valence-corrected chi connectivity index (χ3v) is 4.61. The average molecular weight is 306 g/mol. The van der Waals surface area contributed by atoms with E-state index in [0.717, 1.165) is 11.3 Å². The lowest BCUT2D eigenvalue weighted by atomic mass is 10.1. The minimum absolute atomic E-state index is 0.0424. The third-order valence-electron chi connectivity index (χ3n) is 3.60. The van der Waals surface area contributed by atoms with Crippen LogP contribution in [0.25, 0.3) is 0 Å². The number of benzene rings is 1. The van der Waals surface area contributed by atoms with Gasteiger partial charge in [-0.2, -0.15) is 0 Å². The Kier molecular flexibility index (Phi) is 4.93. The molecule has 2 rings (SSSR count). The molecule has 1 saturated heterocycles. The summed E-state index contributed by atoms with van der Waals surface area (Å²) in [4.78, 5) is 26.3. The van der Waals surface area contributed by atoms with Crippen molar-refractivity contribution in [1.29, 1.82) is 0 Å². The first-order chi connectivity index (χ1) is 9.90. The lowest BCUT2D eigenvalue weighted by molar-refractivity contribution is -0.138. The van der Waals surface area contributed by atoms with Gasteiger partial charge >= 0.3 is 0 Å². The van der Waals surface area contributed by atoms with E-state index in [1.54, 1.807) is 16.7 Å². The van der Waals surface area contributed by atoms with Gasteiger partial charge in [-0.1, -0.05) is 31.5 Å². The van der Waals surface area contributed by atoms with Crippen LogP contribution in [-0.4, -0.2) is 34.4 Å². The molecule has 0 saturated carbocycles. The van der Waals surface area contributed by atoms with Crippen molar-refractivity contribution in [2.45, 2.75) is 33.7 Å². The Bertz CT molecular complexity index is 557. The molecule has 21 heavy (non-hydrogen) atoms. The molecule has 114 valence electrons. The molecule has 0 bridgehead atoms. The van der Waals surface area contributed by atoms with Crippen molar-refractivity contribution >= 4 is 29.3 Å². The Morgan fingerprint density at radius 3 is 2.67 bits per heavy atom. The maximum Gasteiger partial charge on any atom is 0.248 e. The zero-order chi connectivity index (χ0) is 15.6. The summed E-state index contributed by atoms with van der Waals surface area (Å²) in [7, 11) is 0. The summed E-state index contributed by atoms with van der Waals surface area (Å²) < 4.78 is 0. The molecule has 1 aliphatic rings. The van der Waals surface area contributed by atoms with Crippen LogP contribution in [0.3, 0.4) is 0 Å². The van der Waals surface area contributed by atoms with Gasteiger partial charge in [-0.25, -0.2) is 0 Å². The molecule has 0 unspecified atom stereocenters. The molecule has 4 nitrogen and oxygen atoms in total. The van der Waals surface area contributed by atoms with Gasteiger partial charge in [0.15, 0.2) is 0 Å². The number of rotatable bonds is 3. The standard InChI is InChI=1S/C16H22N2O2S/c1-10(2)16(20)18-9-21-8-14(18)15(19)17-13-6-5-11(3)7-12(13)4/h5-7,10,14H,8-9H2,1-4H3,(H,17,19)/t14-/m1/s1. The van der Waals surface area contributed by atoms with Crippen molar-refractivity contribution in [2.24, 2.45) is 5.92 Å². The van der Waals surface area contributed by atoms with Gasteiger partial charge in [-0.05, 0) is 25.5 Å². The lowest BCUT2D eigenvalue weighted by Gasteiger charge is -2.25. The summed E-state index contributed by atoms with van der Waals surface area (Å²) in [5.41, 5.74) is 3.02. The number of thioether (sulfide) groups is 1. The van der Waals surface area contributed by atoms with Crippen LogP contribution in [-0.2, 0) is 9.59 Å². The fraction of sp³-hybridized carbons (Fsp3) is 0.500. The van der Waals surface area contributed by atoms with Crippen LogP contribution < -0.4 is 5.32 Å². The summed E-state index contributed by atoms with van der Waals surface area (Å²) >= 11 is 1.63. The number of nitrogens with one attached hydrogen (secondary N) is 1. The molecule has 1 heterocycles. The summed E-state index contributed by atoms with van der Waals surface area (Å²) in [6.07, 6.45) is 0. The molecule has 1 fully saturated rings. The maximum atomic E-state index is 12.5. The van der Waals surface area contributed by atoms with E-state index in [2.05, 4.69) is 5.32 Å². The van der Waals surface area contributed by atoms with Gasteiger partial charge in [0.05, 0.1) is 5.88 Å². The summed E-state index contributed by atoms with van der Waals surface area (Å²) in [6.45, 7) is 7.73. The molecule has 1 aromatic carbocycles. The molecule has 0 aromatic heterocycles. The van der Waals surface area contributed by atoms with Crippen LogP contribution in [0.15, 0.2) is 18.2 Å². The molecule has 1 aromatic rings. The Labute approximate surface area is 130 Å². The number of hydrogen-bond donors (Lipinski definition) is 1. The van der Waals surface area contributed by atoms with E-state index in [0.29, 0.717) is 11.6 Å². The van der Waals surface area contributed by atoms with Crippen molar-refractivity contribution in [2.75, 3.05) is 16.9 Å². The van der Waals surface area contributed by atoms with Gasteiger partial charge in [-0.15, -0.1) is 11.8 Å². The normalized spacial score (nSPS) is 18.1. The van der Waals surface area contributed by atoms with Gasteiger partial charge < -0.3 is 10.2 Å². The Morgan fingerprint density at radius 2 is 2.05 bits per heavy atom. The van der Waals surface area contributed by atoms with Gasteiger partial charge in [0.2, 0.25) is 11.8 Å². The smallest absolute Gasteiger partial charge is 0.248 e. The number of anilines is 1. The van der Waals surface area contributed by atoms with Crippen molar-refractivity contribution < 1.29 is 9.59 Å². The van der Waals surface area contributed by atoms with Crippen molar-refractivity contribution in [1.82, 2.24) is 4.90 Å². The molecule has 2 amide bonds. The SMILES string of the molecule is Cc1ccc(NC(=O)[C@H]2CSCN2C(=O)C(C)C)c(C)c1. The predicted molar refractivity (Wildman–Crippen MR) is 87.3 cm³/mol. The van der Waals surface area contributed by atoms with E-state index in [1.807, 2.05) is 45.9 Å². The second kappa shape index (κ2) is 6.52. The predicted octanol–water partition coefficient (Wildman–Crippen LogP) is 2.80. The van der Waals surface area contributed by atoms with Crippen LogP contribution in [0, 0.1) is 19.8 Å². The molecular weight excluding hydrogens is 284 g/mol. The first-order valence-corrected chi connectivity index (χ1v) is 8.32. The van der Waals surface area contributed by atoms with E-state index >= 15 is 0 Å². The first kappa shape index (κ1) is 15.9. The quantitative estimate of drug-likeness (QED) is 0.934. The number of amides is 2. The van der Waals surface area contributed by atoms with Crippen molar-refractivity contribution in [3.05, 3.63) is 29.3 Å². The molecule has 1 atom stereocenters. The highest BCUT2D eigenvalue weighted by Gasteiger charge is 2.35. The average Bonchev–Trinajstić information content (AvgIpc) is 2.90. The molecule has 0 aliphatic carbocycles. The molecule has 0 spiro atoms. The number of carbonyl (C=O) groups is 2. The van der Waals surface area contributed by atoms with Crippen LogP contribution >= 0.6 is 11.8 Å². The number of carbonyl (C=O) groups excluding carboxylic acids is 2. The van der Waals surface area contributed by atoms with E-state index in [-0.39, 0.29) is 23.8 Å². The Balaban J connectivity index is 2.10. The second-order valence-corrected chi connectivity index (χ2v) is 6.79. The number of aryl methyl sites for hydroxylation is 2. The molecule has 0 radical (unpaired) electrons. The lowest BCUT2D eigenvalue weighted by Crippen LogP contribution is -2.46. The number of nitrogens with zero attached hydrogens (tertiary/aromatic N) is 1. The highest BCUT2D eigenvalue weighted by molar-refractivity contribution is 7.99. The zero-order valence-corrected chi connectivity index (χ0v) is 13.8. The molecular formula is C16H22N2O2S. The van der Waals surface area contributed by atoms with E-state index in [9.17, 15) is 9.59 Å². The Morgan fingerprint density at radius 1 is 1.33 bits per heavy atom. The highest BCUT2D eigenvalue weighted by Crippen LogP contribution is 2.25. The van der Waals surface area contributed by atoms with Crippen molar-refractivity contribution in [3.63, 3.8) is 0 Å². The van der Waals surface area contributed by atoms with Crippen molar-refractivity contribution in [3.8, 4) is 0 Å². The second-order valence-electron chi connectivity index (χ2n) is 5.79. The van der Waals surface area contributed by atoms with Crippen LogP contribution in [0.2, 0.25) is 0 Å². The van der Waals surface area contributed by atoms with Crippen LogP contribution in [0.1, 0.15) is 25.0 Å². The highest BCUT2D eigenvalue weighted by atomic mass is 32.2. The van der Waals surface area contributed by atoms with Crippen LogP contribution in [0.4, 0.5) is 5.69 Å². The zero-order valence-electron chi connectivity index (χ0n) is 13.0. The number of hydrogen-bond acceptors (Lipinski definition) is 3. The van der Waals surface area contributed by atoms with Crippen LogP contribution in [0.5, 0.6) is 0 Å². The van der Waals surface area contributed by atoms with Gasteiger partial charge in [0.25, 0.3) is 0 Å².